The van der Waals surface area contributed by atoms with E-state index in [0.29, 0.717) is 11.1 Å². The number of hydrogen-bond donors (Lipinski definition) is 2. The Bertz CT molecular complexity index is 616. The molecule has 0 aromatic heterocycles. The molecule has 2 rings (SSSR count). The maximum atomic E-state index is 13.2. The third kappa shape index (κ3) is 4.55. The van der Waals surface area contributed by atoms with Gasteiger partial charge in [0.1, 0.15) is 18.6 Å². The molecule has 0 amide bonds. The van der Waals surface area contributed by atoms with Gasteiger partial charge in [-0.2, -0.15) is 0 Å². The molecule has 0 bridgehead atoms. The van der Waals surface area contributed by atoms with Gasteiger partial charge in [0.25, 0.3) is 0 Å². The van der Waals surface area contributed by atoms with Crippen molar-refractivity contribution >= 4 is 11.9 Å². The summed E-state index contributed by atoms with van der Waals surface area (Å²) in [5, 5.41) is 6.15. The second kappa shape index (κ2) is 8.44. The van der Waals surface area contributed by atoms with E-state index in [-0.39, 0.29) is 37.6 Å². The van der Waals surface area contributed by atoms with E-state index in [1.54, 1.807) is 32.2 Å². The molecule has 2 atom stereocenters. The summed E-state index contributed by atoms with van der Waals surface area (Å²) in [5.74, 6) is -1.13. The Labute approximate surface area is 140 Å². The number of nitrogens with one attached hydrogen (secondary N) is 2. The fourth-order valence-electron chi connectivity index (χ4n) is 2.31. The van der Waals surface area contributed by atoms with Crippen LogP contribution < -0.4 is 10.6 Å². The molecule has 0 spiro atoms. The molecule has 7 heteroatoms. The van der Waals surface area contributed by atoms with Crippen LogP contribution in [0.3, 0.4) is 0 Å². The Balaban J connectivity index is 2.18. The molecular weight excluding hydrogens is 315 g/mol. The van der Waals surface area contributed by atoms with Gasteiger partial charge < -0.3 is 14.8 Å². The molecule has 130 valence electrons. The van der Waals surface area contributed by atoms with Gasteiger partial charge in [0, 0.05) is 12.6 Å². The lowest BCUT2D eigenvalue weighted by atomic mass is 9.97. The number of hydrogen-bond acceptors (Lipinski definition) is 6. The predicted octanol–water partition coefficient (Wildman–Crippen LogP) is 1.79. The molecule has 1 aliphatic rings. The highest BCUT2D eigenvalue weighted by molar-refractivity contribution is 5.90. The van der Waals surface area contributed by atoms with Gasteiger partial charge in [-0.1, -0.05) is 19.1 Å². The normalized spacial score (nSPS) is 19.9. The van der Waals surface area contributed by atoms with Crippen molar-refractivity contribution in [1.82, 2.24) is 10.6 Å². The maximum Gasteiger partial charge on any atom is 0.337 e. The van der Waals surface area contributed by atoms with Crippen LogP contribution in [0.2, 0.25) is 0 Å². The van der Waals surface area contributed by atoms with E-state index in [0.717, 1.165) is 0 Å². The van der Waals surface area contributed by atoms with E-state index < -0.39 is 12.0 Å². The van der Waals surface area contributed by atoms with E-state index in [9.17, 15) is 14.0 Å². The highest BCUT2D eigenvalue weighted by Gasteiger charge is 2.30. The smallest absolute Gasteiger partial charge is 0.337 e. The summed E-state index contributed by atoms with van der Waals surface area (Å²) in [5.41, 5.74) is 1.09. The van der Waals surface area contributed by atoms with Crippen molar-refractivity contribution in [2.45, 2.75) is 32.5 Å². The molecule has 1 aromatic carbocycles. The highest BCUT2D eigenvalue weighted by Crippen LogP contribution is 2.25. The molecule has 6 nitrogen and oxygen atoms in total. The lowest BCUT2D eigenvalue weighted by molar-refractivity contribution is -0.144. The molecule has 1 aromatic rings. The van der Waals surface area contributed by atoms with Crippen LogP contribution in [0.15, 0.2) is 36.0 Å². The first kappa shape index (κ1) is 17.9. The quantitative estimate of drug-likeness (QED) is 0.771. The lowest BCUT2D eigenvalue weighted by Crippen LogP contribution is -2.50. The van der Waals surface area contributed by atoms with Gasteiger partial charge in [0.15, 0.2) is 0 Å². The van der Waals surface area contributed by atoms with Crippen LogP contribution >= 0.6 is 0 Å². The van der Waals surface area contributed by atoms with E-state index in [1.165, 1.54) is 12.1 Å². The minimum atomic E-state index is -0.490. The molecule has 2 unspecified atom stereocenters. The van der Waals surface area contributed by atoms with Crippen molar-refractivity contribution in [3.63, 3.8) is 0 Å². The van der Waals surface area contributed by atoms with Crippen LogP contribution in [-0.2, 0) is 19.1 Å². The average molecular weight is 336 g/mol. The molecule has 0 radical (unpaired) electrons. The van der Waals surface area contributed by atoms with Gasteiger partial charge in [0.2, 0.25) is 0 Å². The number of carbonyl (C=O) groups excluding carboxylic acids is 2. The van der Waals surface area contributed by atoms with E-state index >= 15 is 0 Å². The number of ether oxygens (including phenoxy) is 2. The topological polar surface area (TPSA) is 76.7 Å². The maximum absolute atomic E-state index is 13.2. The van der Waals surface area contributed by atoms with Crippen LogP contribution in [-0.4, -0.2) is 31.3 Å². The number of halogens is 1. The standard InChI is InChI=1S/C17H21FN2O4/c1-3-15(21)24-10-14-19-9-13(17(22)23-4-2)16(20-14)11-5-7-12(18)8-6-11/h5-9,14,16,19-20H,3-4,10H2,1-2H3. The molecular formula is C17H21FN2O4. The van der Waals surface area contributed by atoms with Gasteiger partial charge in [-0.25, -0.2) is 9.18 Å². The Morgan fingerprint density at radius 3 is 2.50 bits per heavy atom. The Hall–Kier alpha value is -2.41. The molecule has 1 aliphatic heterocycles. The molecule has 2 N–H and O–H groups in total. The first-order chi connectivity index (χ1) is 11.5. The summed E-state index contributed by atoms with van der Waals surface area (Å²) in [6.45, 7) is 3.80. The van der Waals surface area contributed by atoms with Crippen LogP contribution in [0.5, 0.6) is 0 Å². The minimum absolute atomic E-state index is 0.108. The first-order valence-corrected chi connectivity index (χ1v) is 7.85. The highest BCUT2D eigenvalue weighted by atomic mass is 19.1. The van der Waals surface area contributed by atoms with Crippen molar-refractivity contribution in [3.8, 4) is 0 Å². The summed E-state index contributed by atoms with van der Waals surface area (Å²) in [6.07, 6.45) is 1.47. The van der Waals surface area contributed by atoms with Gasteiger partial charge in [-0.05, 0) is 24.6 Å². The number of benzene rings is 1. The molecule has 24 heavy (non-hydrogen) atoms. The number of esters is 2. The van der Waals surface area contributed by atoms with Gasteiger partial charge in [0.05, 0.1) is 18.2 Å². The van der Waals surface area contributed by atoms with Crippen LogP contribution in [0.25, 0.3) is 0 Å². The van der Waals surface area contributed by atoms with Crippen LogP contribution in [0.1, 0.15) is 31.9 Å². The molecule has 0 aliphatic carbocycles. The third-order valence-electron chi connectivity index (χ3n) is 3.53. The zero-order valence-electron chi connectivity index (χ0n) is 13.7. The third-order valence-corrected chi connectivity index (χ3v) is 3.53. The lowest BCUT2D eigenvalue weighted by Gasteiger charge is -2.31. The van der Waals surface area contributed by atoms with Crippen LogP contribution in [0, 0.1) is 5.82 Å². The van der Waals surface area contributed by atoms with E-state index in [2.05, 4.69) is 10.6 Å². The summed E-state index contributed by atoms with van der Waals surface area (Å²) >= 11 is 0. The molecule has 0 saturated carbocycles. The summed E-state index contributed by atoms with van der Waals surface area (Å²) in [4.78, 5) is 23.4. The fourth-order valence-corrected chi connectivity index (χ4v) is 2.31. The monoisotopic (exact) mass is 336 g/mol. The number of carbonyl (C=O) groups is 2. The zero-order valence-corrected chi connectivity index (χ0v) is 13.7. The molecule has 1 heterocycles. The van der Waals surface area contributed by atoms with Crippen molar-refractivity contribution in [3.05, 3.63) is 47.4 Å². The van der Waals surface area contributed by atoms with Crippen molar-refractivity contribution in [2.75, 3.05) is 13.2 Å². The average Bonchev–Trinajstić information content (AvgIpc) is 2.60. The summed E-state index contributed by atoms with van der Waals surface area (Å²) in [6, 6.07) is 5.36. The Kier molecular flexibility index (Phi) is 6.31. The van der Waals surface area contributed by atoms with Crippen molar-refractivity contribution in [1.29, 1.82) is 0 Å². The van der Waals surface area contributed by atoms with E-state index in [4.69, 9.17) is 9.47 Å². The fraction of sp³-hybridized carbons (Fsp3) is 0.412. The Morgan fingerprint density at radius 2 is 1.88 bits per heavy atom. The summed E-state index contributed by atoms with van der Waals surface area (Å²) < 4.78 is 23.3. The SMILES string of the molecule is CCOC(=O)C1=CNC(COC(=O)CC)NC1c1ccc(F)cc1. The van der Waals surface area contributed by atoms with Crippen molar-refractivity contribution in [2.24, 2.45) is 0 Å². The van der Waals surface area contributed by atoms with E-state index in [1.807, 2.05) is 0 Å². The first-order valence-electron chi connectivity index (χ1n) is 7.85. The van der Waals surface area contributed by atoms with Crippen molar-refractivity contribution < 1.29 is 23.5 Å². The van der Waals surface area contributed by atoms with Gasteiger partial charge in [-0.3, -0.25) is 10.1 Å². The largest absolute Gasteiger partial charge is 0.463 e. The van der Waals surface area contributed by atoms with Gasteiger partial charge >= 0.3 is 11.9 Å². The second-order valence-electron chi connectivity index (χ2n) is 5.23. The van der Waals surface area contributed by atoms with Gasteiger partial charge in [-0.15, -0.1) is 0 Å². The molecule has 0 saturated heterocycles. The Morgan fingerprint density at radius 1 is 1.17 bits per heavy atom. The molecule has 0 fully saturated rings. The predicted molar refractivity (Wildman–Crippen MR) is 85.2 cm³/mol. The minimum Gasteiger partial charge on any atom is -0.463 e. The number of rotatable bonds is 6. The zero-order chi connectivity index (χ0) is 17.5. The van der Waals surface area contributed by atoms with Crippen LogP contribution in [0.4, 0.5) is 4.39 Å². The second-order valence-corrected chi connectivity index (χ2v) is 5.23. The summed E-state index contributed by atoms with van der Waals surface area (Å²) in [7, 11) is 0.